The van der Waals surface area contributed by atoms with Gasteiger partial charge in [-0.3, -0.25) is 0 Å². The van der Waals surface area contributed by atoms with E-state index >= 15 is 0 Å². The number of carbonyl (C=O) groups excluding carboxylic acids is 1. The van der Waals surface area contributed by atoms with Crippen LogP contribution in [-0.4, -0.2) is 13.3 Å². The molecule has 0 aromatic heterocycles. The zero-order valence-electron chi connectivity index (χ0n) is 9.12. The second-order valence-electron chi connectivity index (χ2n) is 4.14. The first-order chi connectivity index (χ1) is 7.35. The predicted molar refractivity (Wildman–Crippen MR) is 60.9 cm³/mol. The topological polar surface area (TPSA) is 29.1 Å². The second-order valence-corrected chi connectivity index (χ2v) is 4.14. The monoisotopic (exact) mass is 203 g/mol. The van der Waals surface area contributed by atoms with Gasteiger partial charge in [-0.1, -0.05) is 18.2 Å². The molecule has 0 saturated heterocycles. The summed E-state index contributed by atoms with van der Waals surface area (Å²) in [7, 11) is 1.82. The summed E-state index contributed by atoms with van der Waals surface area (Å²) in [6, 6.07) is 6.28. The summed E-state index contributed by atoms with van der Waals surface area (Å²) in [4.78, 5) is 10.8. The Labute approximate surface area is 90.7 Å². The summed E-state index contributed by atoms with van der Waals surface area (Å²) in [5, 5.41) is 3.01. The first kappa shape index (κ1) is 10.4. The van der Waals surface area contributed by atoms with Crippen molar-refractivity contribution in [2.45, 2.75) is 31.7 Å². The lowest BCUT2D eigenvalue weighted by Crippen LogP contribution is -2.18. The minimum atomic E-state index is -0.155. The Morgan fingerprint density at radius 2 is 2.00 bits per heavy atom. The molecule has 0 saturated carbocycles. The molecule has 1 aromatic carbocycles. The summed E-state index contributed by atoms with van der Waals surface area (Å²) in [6.45, 7) is 0. The normalized spacial score (nSPS) is 16.9. The highest BCUT2D eigenvalue weighted by Gasteiger charge is 2.13. The lowest BCUT2D eigenvalue weighted by atomic mass is 9.89. The zero-order chi connectivity index (χ0) is 10.7. The number of hydrogen-bond acceptors (Lipinski definition) is 2. The highest BCUT2D eigenvalue weighted by Crippen LogP contribution is 2.24. The maximum atomic E-state index is 10.8. The first-order valence-corrected chi connectivity index (χ1v) is 5.59. The van der Waals surface area contributed by atoms with E-state index in [1.54, 1.807) is 0 Å². The van der Waals surface area contributed by atoms with Crippen LogP contribution in [0.25, 0.3) is 0 Å². The molecule has 15 heavy (non-hydrogen) atoms. The van der Waals surface area contributed by atoms with E-state index in [1.807, 2.05) is 7.05 Å². The van der Waals surface area contributed by atoms with Gasteiger partial charge in [0.05, 0.1) is 6.04 Å². The van der Waals surface area contributed by atoms with Gasteiger partial charge < -0.3 is 10.1 Å². The third-order valence-corrected chi connectivity index (χ3v) is 3.18. The largest absolute Gasteiger partial charge is 0.307 e. The highest BCUT2D eigenvalue weighted by molar-refractivity contribution is 5.61. The first-order valence-electron chi connectivity index (χ1n) is 5.59. The van der Waals surface area contributed by atoms with Gasteiger partial charge in [-0.2, -0.15) is 0 Å². The molecule has 80 valence electrons. The minimum absolute atomic E-state index is 0.155. The summed E-state index contributed by atoms with van der Waals surface area (Å²) in [6.07, 6.45) is 5.90. The molecule has 1 aliphatic carbocycles. The van der Waals surface area contributed by atoms with Gasteiger partial charge in [0.1, 0.15) is 6.29 Å². The van der Waals surface area contributed by atoms with Gasteiger partial charge >= 0.3 is 0 Å². The fraction of sp³-hybridized carbons (Fsp3) is 0.462. The van der Waals surface area contributed by atoms with Gasteiger partial charge in [0.2, 0.25) is 0 Å². The highest BCUT2D eigenvalue weighted by atomic mass is 16.1. The van der Waals surface area contributed by atoms with Gasteiger partial charge in [-0.25, -0.2) is 0 Å². The quantitative estimate of drug-likeness (QED) is 0.761. The van der Waals surface area contributed by atoms with E-state index in [0.29, 0.717) is 0 Å². The van der Waals surface area contributed by atoms with E-state index in [2.05, 4.69) is 23.5 Å². The fourth-order valence-corrected chi connectivity index (χ4v) is 2.26. The number of hydrogen-bond donors (Lipinski definition) is 1. The molecule has 1 aliphatic rings. The van der Waals surface area contributed by atoms with E-state index in [4.69, 9.17) is 0 Å². The number of carbonyl (C=O) groups is 1. The molecule has 1 aromatic rings. The predicted octanol–water partition coefficient (Wildman–Crippen LogP) is 2.02. The Morgan fingerprint density at radius 1 is 1.27 bits per heavy atom. The summed E-state index contributed by atoms with van der Waals surface area (Å²) in [5.41, 5.74) is 3.99. The number of aryl methyl sites for hydroxylation is 2. The molecular weight excluding hydrogens is 186 g/mol. The van der Waals surface area contributed by atoms with Gasteiger partial charge in [-0.15, -0.1) is 0 Å². The van der Waals surface area contributed by atoms with Crippen LogP contribution >= 0.6 is 0 Å². The van der Waals surface area contributed by atoms with Crippen molar-refractivity contribution in [1.82, 2.24) is 5.32 Å². The molecule has 2 rings (SSSR count). The number of fused-ring (bicyclic) bond motifs is 1. The van der Waals surface area contributed by atoms with Crippen molar-refractivity contribution in [3.63, 3.8) is 0 Å². The molecule has 1 atom stereocenters. The van der Waals surface area contributed by atoms with Gasteiger partial charge in [0, 0.05) is 0 Å². The maximum Gasteiger partial charge on any atom is 0.141 e. The smallest absolute Gasteiger partial charge is 0.141 e. The van der Waals surface area contributed by atoms with E-state index in [-0.39, 0.29) is 6.04 Å². The maximum absolute atomic E-state index is 10.8. The third kappa shape index (κ3) is 2.10. The van der Waals surface area contributed by atoms with Crippen molar-refractivity contribution in [1.29, 1.82) is 0 Å². The molecular formula is C13H17NO. The standard InChI is InChI=1S/C13H17NO/c1-14-13(9-15)12-7-6-10-4-2-3-5-11(10)8-12/h6-9,13-14H,2-5H2,1H3. The van der Waals surface area contributed by atoms with Crippen LogP contribution in [-0.2, 0) is 17.6 Å². The van der Waals surface area contributed by atoms with Crippen molar-refractivity contribution in [2.75, 3.05) is 7.05 Å². The van der Waals surface area contributed by atoms with Crippen LogP contribution in [0.3, 0.4) is 0 Å². The number of aldehydes is 1. The number of likely N-dealkylation sites (N-methyl/N-ethyl adjacent to an activating group) is 1. The molecule has 2 nitrogen and oxygen atoms in total. The fourth-order valence-electron chi connectivity index (χ4n) is 2.26. The minimum Gasteiger partial charge on any atom is -0.307 e. The van der Waals surface area contributed by atoms with Crippen molar-refractivity contribution in [3.8, 4) is 0 Å². The van der Waals surface area contributed by atoms with Gasteiger partial charge in [0.25, 0.3) is 0 Å². The number of benzene rings is 1. The Hall–Kier alpha value is -1.15. The Kier molecular flexibility index (Phi) is 3.17. The average molecular weight is 203 g/mol. The van der Waals surface area contributed by atoms with E-state index in [9.17, 15) is 4.79 Å². The Balaban J connectivity index is 2.30. The molecule has 1 unspecified atom stereocenters. The van der Waals surface area contributed by atoms with E-state index in [1.165, 1.54) is 36.8 Å². The zero-order valence-corrected chi connectivity index (χ0v) is 9.12. The van der Waals surface area contributed by atoms with Crippen LogP contribution in [0.1, 0.15) is 35.6 Å². The summed E-state index contributed by atoms with van der Waals surface area (Å²) in [5.74, 6) is 0. The van der Waals surface area contributed by atoms with E-state index < -0.39 is 0 Å². The van der Waals surface area contributed by atoms with E-state index in [0.717, 1.165) is 11.8 Å². The van der Waals surface area contributed by atoms with Crippen LogP contribution in [0, 0.1) is 0 Å². The summed E-state index contributed by atoms with van der Waals surface area (Å²) < 4.78 is 0. The lowest BCUT2D eigenvalue weighted by Gasteiger charge is -2.18. The number of rotatable bonds is 3. The molecule has 2 heteroatoms. The van der Waals surface area contributed by atoms with Crippen LogP contribution in [0.4, 0.5) is 0 Å². The molecule has 0 amide bonds. The molecule has 0 fully saturated rings. The molecule has 0 radical (unpaired) electrons. The summed E-state index contributed by atoms with van der Waals surface area (Å²) >= 11 is 0. The molecule has 0 heterocycles. The Morgan fingerprint density at radius 3 is 2.67 bits per heavy atom. The van der Waals surface area contributed by atoms with Crippen LogP contribution in [0.5, 0.6) is 0 Å². The molecule has 0 bridgehead atoms. The van der Waals surface area contributed by atoms with Gasteiger partial charge in [0.15, 0.2) is 0 Å². The lowest BCUT2D eigenvalue weighted by molar-refractivity contribution is -0.109. The van der Waals surface area contributed by atoms with Gasteiger partial charge in [-0.05, 0) is 49.4 Å². The van der Waals surface area contributed by atoms with Crippen molar-refractivity contribution in [3.05, 3.63) is 34.9 Å². The van der Waals surface area contributed by atoms with Crippen LogP contribution < -0.4 is 5.32 Å². The van der Waals surface area contributed by atoms with Crippen LogP contribution in [0.15, 0.2) is 18.2 Å². The van der Waals surface area contributed by atoms with Crippen molar-refractivity contribution < 1.29 is 4.79 Å². The van der Waals surface area contributed by atoms with Crippen LogP contribution in [0.2, 0.25) is 0 Å². The third-order valence-electron chi connectivity index (χ3n) is 3.18. The molecule has 1 N–H and O–H groups in total. The van der Waals surface area contributed by atoms with Crippen molar-refractivity contribution in [2.24, 2.45) is 0 Å². The van der Waals surface area contributed by atoms with Crippen molar-refractivity contribution >= 4 is 6.29 Å². The number of nitrogens with one attached hydrogen (secondary N) is 1. The molecule has 0 spiro atoms. The molecule has 0 aliphatic heterocycles. The average Bonchev–Trinajstić information content (AvgIpc) is 2.30. The Bertz CT molecular complexity index is 360. The second kappa shape index (κ2) is 4.58. The SMILES string of the molecule is CNC(C=O)c1ccc2c(c1)CCCC2.